The molecule has 0 aliphatic rings. The van der Waals surface area contributed by atoms with Gasteiger partial charge in [0.05, 0.1) is 6.42 Å². The van der Waals surface area contributed by atoms with E-state index in [2.05, 4.69) is 26.6 Å². The Balaban J connectivity index is 2.67. The highest BCUT2D eigenvalue weighted by atomic mass is 79.9. The van der Waals surface area contributed by atoms with Gasteiger partial charge in [0.15, 0.2) is 0 Å². The molecule has 1 rings (SSSR count). The normalized spacial score (nSPS) is 12.1. The molecule has 1 atom stereocenters. The summed E-state index contributed by atoms with van der Waals surface area (Å²) >= 11 is 3.36. The summed E-state index contributed by atoms with van der Waals surface area (Å²) in [6, 6.07) is 4.76. The van der Waals surface area contributed by atoms with Crippen LogP contribution in [0, 0.1) is 12.8 Å². The molecule has 0 saturated carbocycles. The molecule has 1 aromatic rings. The third kappa shape index (κ3) is 5.61. The van der Waals surface area contributed by atoms with E-state index in [1.807, 2.05) is 32.9 Å². The number of nitrogens with one attached hydrogen (secondary N) is 2. The Kier molecular flexibility index (Phi) is 6.01. The average molecular weight is 343 g/mol. The van der Waals surface area contributed by atoms with E-state index in [-0.39, 0.29) is 12.3 Å². The molecular formula is C14H19BrN2O3. The van der Waals surface area contributed by atoms with Gasteiger partial charge in [-0.25, -0.2) is 4.79 Å². The Hall–Kier alpha value is -1.56. The number of rotatable bonds is 5. The molecule has 0 fully saturated rings. The van der Waals surface area contributed by atoms with Gasteiger partial charge < -0.3 is 15.7 Å². The Morgan fingerprint density at radius 2 is 1.95 bits per heavy atom. The summed E-state index contributed by atoms with van der Waals surface area (Å²) in [7, 11) is 0. The van der Waals surface area contributed by atoms with Crippen molar-refractivity contribution in [1.82, 2.24) is 5.32 Å². The summed E-state index contributed by atoms with van der Waals surface area (Å²) in [5.74, 6) is -0.886. The van der Waals surface area contributed by atoms with Gasteiger partial charge in [-0.05, 0) is 36.6 Å². The SMILES string of the molecule is Cc1cc(Br)cc(NC(=O)NC(CC(=O)O)C(C)C)c1. The monoisotopic (exact) mass is 342 g/mol. The predicted octanol–water partition coefficient (Wildman–Crippen LogP) is 3.38. The van der Waals surface area contributed by atoms with Gasteiger partial charge in [0.2, 0.25) is 0 Å². The summed E-state index contributed by atoms with van der Waals surface area (Å²) in [5.41, 5.74) is 1.67. The van der Waals surface area contributed by atoms with E-state index >= 15 is 0 Å². The third-order valence-corrected chi connectivity index (χ3v) is 3.27. The fraction of sp³-hybridized carbons (Fsp3) is 0.429. The molecule has 2 amide bonds. The largest absolute Gasteiger partial charge is 0.481 e. The van der Waals surface area contributed by atoms with Crippen LogP contribution in [0.2, 0.25) is 0 Å². The number of benzene rings is 1. The highest BCUT2D eigenvalue weighted by Crippen LogP contribution is 2.19. The molecular weight excluding hydrogens is 324 g/mol. The summed E-state index contributed by atoms with van der Waals surface area (Å²) < 4.78 is 0.874. The topological polar surface area (TPSA) is 78.4 Å². The molecule has 0 aliphatic heterocycles. The van der Waals surface area contributed by atoms with E-state index in [4.69, 9.17) is 5.11 Å². The minimum atomic E-state index is -0.928. The summed E-state index contributed by atoms with van der Waals surface area (Å²) in [4.78, 5) is 22.7. The maximum Gasteiger partial charge on any atom is 0.319 e. The number of hydrogen-bond donors (Lipinski definition) is 3. The molecule has 20 heavy (non-hydrogen) atoms. The van der Waals surface area contributed by atoms with E-state index in [9.17, 15) is 9.59 Å². The van der Waals surface area contributed by atoms with Crippen LogP contribution in [0.15, 0.2) is 22.7 Å². The Labute approximate surface area is 126 Å². The van der Waals surface area contributed by atoms with E-state index in [1.165, 1.54) is 0 Å². The standard InChI is InChI=1S/C14H19BrN2O3/c1-8(2)12(7-13(18)19)17-14(20)16-11-5-9(3)4-10(15)6-11/h4-6,8,12H,7H2,1-3H3,(H,18,19)(H2,16,17,20). The van der Waals surface area contributed by atoms with Crippen LogP contribution < -0.4 is 10.6 Å². The minimum absolute atomic E-state index is 0.0427. The number of anilines is 1. The van der Waals surface area contributed by atoms with Crippen molar-refractivity contribution in [3.05, 3.63) is 28.2 Å². The van der Waals surface area contributed by atoms with E-state index in [0.29, 0.717) is 5.69 Å². The lowest BCUT2D eigenvalue weighted by molar-refractivity contribution is -0.137. The lowest BCUT2D eigenvalue weighted by atomic mass is 10.0. The van der Waals surface area contributed by atoms with Crippen LogP contribution in [0.4, 0.5) is 10.5 Å². The molecule has 6 heteroatoms. The van der Waals surface area contributed by atoms with Crippen molar-refractivity contribution in [3.8, 4) is 0 Å². The first-order valence-electron chi connectivity index (χ1n) is 6.34. The van der Waals surface area contributed by atoms with Crippen molar-refractivity contribution in [2.45, 2.75) is 33.2 Å². The Morgan fingerprint density at radius 1 is 1.30 bits per heavy atom. The van der Waals surface area contributed by atoms with Crippen LogP contribution in [0.5, 0.6) is 0 Å². The molecule has 0 aromatic heterocycles. The molecule has 0 bridgehead atoms. The summed E-state index contributed by atoms with van der Waals surface area (Å²) in [6.45, 7) is 5.67. The second-order valence-electron chi connectivity index (χ2n) is 5.06. The molecule has 0 radical (unpaired) electrons. The van der Waals surface area contributed by atoms with Crippen molar-refractivity contribution in [1.29, 1.82) is 0 Å². The zero-order valence-corrected chi connectivity index (χ0v) is 13.3. The second-order valence-corrected chi connectivity index (χ2v) is 5.98. The van der Waals surface area contributed by atoms with Gasteiger partial charge in [-0.1, -0.05) is 29.8 Å². The second kappa shape index (κ2) is 7.28. The molecule has 0 spiro atoms. The summed E-state index contributed by atoms with van der Waals surface area (Å²) in [5, 5.41) is 14.2. The first-order chi connectivity index (χ1) is 9.27. The molecule has 5 nitrogen and oxygen atoms in total. The van der Waals surface area contributed by atoms with Crippen LogP contribution in [0.3, 0.4) is 0 Å². The zero-order chi connectivity index (χ0) is 15.3. The lowest BCUT2D eigenvalue weighted by Gasteiger charge is -2.21. The molecule has 0 saturated heterocycles. The number of aliphatic carboxylic acids is 1. The lowest BCUT2D eigenvalue weighted by Crippen LogP contribution is -2.42. The number of aryl methyl sites for hydroxylation is 1. The number of hydrogen-bond acceptors (Lipinski definition) is 2. The van der Waals surface area contributed by atoms with Crippen molar-refractivity contribution in [2.75, 3.05) is 5.32 Å². The molecule has 1 aromatic carbocycles. The number of urea groups is 1. The number of carbonyl (C=O) groups excluding carboxylic acids is 1. The zero-order valence-electron chi connectivity index (χ0n) is 11.7. The van der Waals surface area contributed by atoms with Gasteiger partial charge in [0, 0.05) is 16.2 Å². The van der Waals surface area contributed by atoms with Crippen LogP contribution in [0.1, 0.15) is 25.8 Å². The van der Waals surface area contributed by atoms with E-state index in [0.717, 1.165) is 10.0 Å². The van der Waals surface area contributed by atoms with E-state index in [1.54, 1.807) is 6.07 Å². The highest BCUT2D eigenvalue weighted by Gasteiger charge is 2.19. The molecule has 1 unspecified atom stereocenters. The molecule has 0 aliphatic carbocycles. The fourth-order valence-electron chi connectivity index (χ4n) is 1.79. The van der Waals surface area contributed by atoms with Crippen molar-refractivity contribution < 1.29 is 14.7 Å². The maximum atomic E-state index is 11.9. The van der Waals surface area contributed by atoms with E-state index < -0.39 is 18.0 Å². The van der Waals surface area contributed by atoms with Crippen molar-refractivity contribution in [3.63, 3.8) is 0 Å². The number of halogens is 1. The van der Waals surface area contributed by atoms with Gasteiger partial charge in [0.25, 0.3) is 0 Å². The fourth-order valence-corrected chi connectivity index (χ4v) is 2.39. The first-order valence-corrected chi connectivity index (χ1v) is 7.13. The number of carboxylic acids is 1. The van der Waals surface area contributed by atoms with Crippen molar-refractivity contribution >= 4 is 33.6 Å². The first kappa shape index (κ1) is 16.5. The molecule has 0 heterocycles. The van der Waals surface area contributed by atoms with Crippen LogP contribution in [-0.2, 0) is 4.79 Å². The van der Waals surface area contributed by atoms with Gasteiger partial charge >= 0.3 is 12.0 Å². The quantitative estimate of drug-likeness (QED) is 0.767. The van der Waals surface area contributed by atoms with Gasteiger partial charge in [-0.15, -0.1) is 0 Å². The number of carbonyl (C=O) groups is 2. The molecule has 3 N–H and O–H groups in total. The van der Waals surface area contributed by atoms with Crippen LogP contribution in [0.25, 0.3) is 0 Å². The Morgan fingerprint density at radius 3 is 2.45 bits per heavy atom. The summed E-state index contributed by atoms with van der Waals surface area (Å²) in [6.07, 6.45) is -0.0946. The third-order valence-electron chi connectivity index (χ3n) is 2.82. The van der Waals surface area contributed by atoms with Gasteiger partial charge in [0.1, 0.15) is 0 Å². The Bertz CT molecular complexity index is 483. The molecule has 110 valence electrons. The van der Waals surface area contributed by atoms with Gasteiger partial charge in [-0.3, -0.25) is 4.79 Å². The number of amides is 2. The van der Waals surface area contributed by atoms with Crippen LogP contribution >= 0.6 is 15.9 Å². The van der Waals surface area contributed by atoms with Crippen molar-refractivity contribution in [2.24, 2.45) is 5.92 Å². The predicted molar refractivity (Wildman–Crippen MR) is 81.9 cm³/mol. The highest BCUT2D eigenvalue weighted by molar-refractivity contribution is 9.10. The smallest absolute Gasteiger partial charge is 0.319 e. The van der Waals surface area contributed by atoms with Crippen LogP contribution in [-0.4, -0.2) is 23.1 Å². The minimum Gasteiger partial charge on any atom is -0.481 e. The van der Waals surface area contributed by atoms with Gasteiger partial charge in [-0.2, -0.15) is 0 Å². The maximum absolute atomic E-state index is 11.9. The average Bonchev–Trinajstić information content (AvgIpc) is 2.25. The number of carboxylic acid groups (broad SMARTS) is 1.